The van der Waals surface area contributed by atoms with Gasteiger partial charge in [0.15, 0.2) is 19.8 Å². The molecule has 0 aromatic heterocycles. The van der Waals surface area contributed by atoms with Gasteiger partial charge >= 0.3 is 35.8 Å². The molecule has 12 nitrogen and oxygen atoms in total. The predicted octanol–water partition coefficient (Wildman–Crippen LogP) is 14.4. The van der Waals surface area contributed by atoms with Gasteiger partial charge in [-0.15, -0.1) is 0 Å². The number of esters is 6. The first kappa shape index (κ1) is 65.9. The van der Waals surface area contributed by atoms with Crippen LogP contribution in [0.15, 0.2) is 0 Å². The molecule has 9 fully saturated rings. The van der Waals surface area contributed by atoms with Crippen molar-refractivity contribution in [1.29, 1.82) is 0 Å². The fourth-order valence-electron chi connectivity index (χ4n) is 13.3. The third kappa shape index (κ3) is 16.7. The van der Waals surface area contributed by atoms with Crippen LogP contribution in [-0.4, -0.2) is 72.4 Å². The maximum absolute atomic E-state index is 12.6. The minimum Gasteiger partial charge on any atom is -0.457 e. The Morgan fingerprint density at radius 1 is 0.452 bits per heavy atom. The summed E-state index contributed by atoms with van der Waals surface area (Å²) in [6.07, 6.45) is 19.3. The SMILES string of the molecule is CC.CC.CC.CCC(C)(C)C(=O)OCC(=O)OC1(C(C)C)C2CC3CC(C2)CC1C3.CCC(C)(C)C(=O)OCC(=O)OC1(C)CCCC1.CCC(C)(C)C(=O)OCC(=O)OC1(CC)C2CC3CC(C2)CC1C3. The van der Waals surface area contributed by atoms with E-state index in [-0.39, 0.29) is 66.5 Å². The van der Waals surface area contributed by atoms with Crippen LogP contribution >= 0.6 is 0 Å². The van der Waals surface area contributed by atoms with Crippen LogP contribution in [-0.2, 0) is 57.2 Å². The highest BCUT2D eigenvalue weighted by Gasteiger charge is 2.61. The molecule has 9 aliphatic carbocycles. The van der Waals surface area contributed by atoms with Gasteiger partial charge < -0.3 is 28.4 Å². The molecule has 9 saturated carbocycles. The zero-order chi connectivity index (χ0) is 55.8. The molecule has 0 spiro atoms. The van der Waals surface area contributed by atoms with E-state index in [4.69, 9.17) is 28.4 Å². The Kier molecular flexibility index (Phi) is 26.0. The van der Waals surface area contributed by atoms with E-state index < -0.39 is 22.2 Å². The van der Waals surface area contributed by atoms with E-state index in [1.165, 1.54) is 64.2 Å². The fraction of sp³-hybridized carbons (Fsp3) is 0.902. The highest BCUT2D eigenvalue weighted by atomic mass is 16.6. The fourth-order valence-corrected chi connectivity index (χ4v) is 13.3. The van der Waals surface area contributed by atoms with E-state index in [2.05, 4.69) is 20.8 Å². The summed E-state index contributed by atoms with van der Waals surface area (Å²) in [4.78, 5) is 72.5. The molecule has 0 unspecified atom stereocenters. The van der Waals surface area contributed by atoms with E-state index >= 15 is 0 Å². The third-order valence-electron chi connectivity index (χ3n) is 18.3. The van der Waals surface area contributed by atoms with Gasteiger partial charge in [-0.2, -0.15) is 0 Å². The van der Waals surface area contributed by atoms with Crippen LogP contribution in [0.5, 0.6) is 0 Å². The lowest BCUT2D eigenvalue weighted by molar-refractivity contribution is -0.228. The summed E-state index contributed by atoms with van der Waals surface area (Å²) in [7, 11) is 0. The van der Waals surface area contributed by atoms with Crippen LogP contribution in [0.3, 0.4) is 0 Å². The molecule has 424 valence electrons. The smallest absolute Gasteiger partial charge is 0.344 e. The van der Waals surface area contributed by atoms with Crippen LogP contribution in [0.2, 0.25) is 0 Å². The van der Waals surface area contributed by atoms with Crippen molar-refractivity contribution in [2.45, 2.75) is 264 Å². The van der Waals surface area contributed by atoms with Gasteiger partial charge in [0.25, 0.3) is 0 Å². The Labute approximate surface area is 444 Å². The minimum absolute atomic E-state index is 0.254. The molecule has 0 radical (unpaired) electrons. The highest BCUT2D eigenvalue weighted by Crippen LogP contribution is 2.62. The normalized spacial score (nSPS) is 29.6. The Bertz CT molecular complexity index is 1700. The van der Waals surface area contributed by atoms with Crippen LogP contribution in [0.4, 0.5) is 0 Å². The van der Waals surface area contributed by atoms with E-state index in [9.17, 15) is 28.8 Å². The number of rotatable bonds is 17. The van der Waals surface area contributed by atoms with Crippen molar-refractivity contribution < 1.29 is 57.2 Å². The molecule has 0 amide bonds. The number of carbonyl (C=O) groups is 6. The molecule has 73 heavy (non-hydrogen) atoms. The van der Waals surface area contributed by atoms with Crippen molar-refractivity contribution in [1.82, 2.24) is 0 Å². The predicted molar refractivity (Wildman–Crippen MR) is 289 cm³/mol. The molecule has 9 rings (SSSR count). The quantitative estimate of drug-likeness (QED) is 0.100. The zero-order valence-electron chi connectivity index (χ0n) is 49.9. The van der Waals surface area contributed by atoms with Gasteiger partial charge in [0.05, 0.1) is 16.2 Å². The lowest BCUT2D eigenvalue weighted by Crippen LogP contribution is -2.62. The van der Waals surface area contributed by atoms with E-state index in [0.29, 0.717) is 48.9 Å². The van der Waals surface area contributed by atoms with Crippen molar-refractivity contribution in [2.24, 2.45) is 69.5 Å². The maximum Gasteiger partial charge on any atom is 0.344 e. The minimum atomic E-state index is -0.557. The lowest BCUT2D eigenvalue weighted by Gasteiger charge is -2.61. The number of hydrogen-bond acceptors (Lipinski definition) is 12. The number of carbonyl (C=O) groups excluding carboxylic acids is 6. The largest absolute Gasteiger partial charge is 0.457 e. The summed E-state index contributed by atoms with van der Waals surface area (Å²) >= 11 is 0. The summed E-state index contributed by atoms with van der Waals surface area (Å²) < 4.78 is 33.1. The van der Waals surface area contributed by atoms with E-state index in [1.807, 2.05) is 96.9 Å². The highest BCUT2D eigenvalue weighted by molar-refractivity contribution is 5.81. The van der Waals surface area contributed by atoms with Crippen LogP contribution in [0.1, 0.15) is 247 Å². The average Bonchev–Trinajstić information content (AvgIpc) is 3.80. The molecule has 8 bridgehead atoms. The van der Waals surface area contributed by atoms with Crippen LogP contribution in [0.25, 0.3) is 0 Å². The lowest BCUT2D eigenvalue weighted by atomic mass is 9.47. The summed E-state index contributed by atoms with van der Waals surface area (Å²) in [5.41, 5.74) is -2.67. The Morgan fingerprint density at radius 2 is 0.740 bits per heavy atom. The first-order chi connectivity index (χ1) is 34.3. The zero-order valence-corrected chi connectivity index (χ0v) is 49.9. The number of ether oxygens (including phenoxy) is 6. The van der Waals surface area contributed by atoms with E-state index in [1.54, 1.807) is 13.8 Å². The monoisotopic (exact) mass is 1030 g/mol. The summed E-state index contributed by atoms with van der Waals surface area (Å²) in [5.74, 6) is 3.43. The van der Waals surface area contributed by atoms with Gasteiger partial charge in [-0.3, -0.25) is 14.4 Å². The molecular formula is C61H108O12. The van der Waals surface area contributed by atoms with Crippen LogP contribution < -0.4 is 0 Å². The molecule has 0 heterocycles. The molecule has 0 atom stereocenters. The molecule has 9 aliphatic rings. The molecule has 0 N–H and O–H groups in total. The Hall–Kier alpha value is -3.18. The second kappa shape index (κ2) is 28.8. The molecule has 0 saturated heterocycles. The summed E-state index contributed by atoms with van der Waals surface area (Å²) in [6.45, 7) is 36.4. The third-order valence-corrected chi connectivity index (χ3v) is 18.3. The van der Waals surface area contributed by atoms with Crippen molar-refractivity contribution in [2.75, 3.05) is 19.8 Å². The van der Waals surface area contributed by atoms with Gasteiger partial charge in [0.1, 0.15) is 16.8 Å². The standard InChI is InChI=1S/C21H34O4.C20H32O4.C14H24O4.3C2H6/c1-6-20(4,5)19(23)24-12-18(22)25-21(13(2)3)16-8-14-7-15(10-16)11-17(21)9-14;1-5-19(3,4)18(22)23-12-17(21)24-20(6-2)15-8-13-7-14(10-15)11-16(20)9-13;1-5-13(2,3)12(16)17-10-11(15)18-14(4)8-6-7-9-14;3*1-2/h13-17H,6-12H2,1-5H3;13-16H,5-12H2,1-4H3;5-10H2,1-4H3;3*1-2H3. The first-order valence-corrected chi connectivity index (χ1v) is 29.5. The van der Waals surface area contributed by atoms with Crippen molar-refractivity contribution in [3.05, 3.63) is 0 Å². The van der Waals surface area contributed by atoms with Crippen molar-refractivity contribution >= 4 is 35.8 Å². The van der Waals surface area contributed by atoms with Crippen LogP contribution in [0, 0.1) is 69.5 Å². The van der Waals surface area contributed by atoms with Crippen molar-refractivity contribution in [3.8, 4) is 0 Å². The summed E-state index contributed by atoms with van der Waals surface area (Å²) in [6, 6.07) is 0. The molecule has 0 aliphatic heterocycles. The summed E-state index contributed by atoms with van der Waals surface area (Å²) in [5, 5.41) is 0. The number of hydrogen-bond donors (Lipinski definition) is 0. The topological polar surface area (TPSA) is 158 Å². The second-order valence-corrected chi connectivity index (χ2v) is 24.4. The van der Waals surface area contributed by atoms with Gasteiger partial charge in [-0.25, -0.2) is 14.4 Å². The Balaban J connectivity index is 0.000000361. The maximum atomic E-state index is 12.6. The average molecular weight is 1030 g/mol. The molecule has 0 aromatic carbocycles. The van der Waals surface area contributed by atoms with Crippen molar-refractivity contribution in [3.63, 3.8) is 0 Å². The van der Waals surface area contributed by atoms with Gasteiger partial charge in [-0.1, -0.05) is 83.1 Å². The second-order valence-electron chi connectivity index (χ2n) is 24.4. The molecule has 0 aromatic rings. The van der Waals surface area contributed by atoms with Gasteiger partial charge in [-0.05, 0) is 217 Å². The Morgan fingerprint density at radius 3 is 1.03 bits per heavy atom. The van der Waals surface area contributed by atoms with Gasteiger partial charge in [0.2, 0.25) is 0 Å². The first-order valence-electron chi connectivity index (χ1n) is 29.5. The molecular weight excluding hydrogens is 925 g/mol. The molecule has 12 heteroatoms. The van der Waals surface area contributed by atoms with E-state index in [0.717, 1.165) is 55.8 Å². The van der Waals surface area contributed by atoms with Gasteiger partial charge in [0, 0.05) is 0 Å².